The van der Waals surface area contributed by atoms with Crippen LogP contribution in [0, 0.1) is 13.8 Å². The molecule has 1 heterocycles. The van der Waals surface area contributed by atoms with E-state index in [0.717, 1.165) is 17.3 Å². The highest BCUT2D eigenvalue weighted by Gasteiger charge is 2.13. The van der Waals surface area contributed by atoms with Gasteiger partial charge in [-0.1, -0.05) is 47.0 Å². The van der Waals surface area contributed by atoms with Gasteiger partial charge < -0.3 is 5.32 Å². The Balaban J connectivity index is 0.000000741. The second kappa shape index (κ2) is 10.8. The van der Waals surface area contributed by atoms with Gasteiger partial charge in [-0.3, -0.25) is 0 Å². The van der Waals surface area contributed by atoms with Gasteiger partial charge in [-0.05, 0) is 26.7 Å². The van der Waals surface area contributed by atoms with Gasteiger partial charge in [-0.25, -0.2) is 9.97 Å². The smallest absolute Gasteiger partial charge is 0.130 e. The van der Waals surface area contributed by atoms with Crippen molar-refractivity contribution in [2.24, 2.45) is 0 Å². The molecule has 0 saturated heterocycles. The van der Waals surface area contributed by atoms with Crippen LogP contribution in [0.4, 0.5) is 5.82 Å². The third kappa shape index (κ3) is 7.14. The summed E-state index contributed by atoms with van der Waals surface area (Å²) in [6.45, 7) is 12.0. The zero-order chi connectivity index (χ0) is 14.7. The van der Waals surface area contributed by atoms with Crippen molar-refractivity contribution in [2.75, 3.05) is 5.32 Å². The molecule has 0 unspecified atom stereocenters. The fourth-order valence-corrected chi connectivity index (χ4v) is 2.25. The minimum atomic E-state index is 0.618. The van der Waals surface area contributed by atoms with E-state index in [-0.39, 0.29) is 0 Å². The van der Waals surface area contributed by atoms with Crippen LogP contribution >= 0.6 is 0 Å². The third-order valence-electron chi connectivity index (χ3n) is 2.92. The average Bonchev–Trinajstić information content (AvgIpc) is 2.43. The molecule has 19 heavy (non-hydrogen) atoms. The van der Waals surface area contributed by atoms with Crippen LogP contribution in [0.2, 0.25) is 0 Å². The van der Waals surface area contributed by atoms with E-state index in [0.29, 0.717) is 6.04 Å². The highest BCUT2D eigenvalue weighted by molar-refractivity contribution is 5.36. The van der Waals surface area contributed by atoms with Crippen LogP contribution < -0.4 is 5.32 Å². The molecule has 1 aliphatic carbocycles. The van der Waals surface area contributed by atoms with E-state index < -0.39 is 0 Å². The highest BCUT2D eigenvalue weighted by atomic mass is 15.0. The molecule has 3 nitrogen and oxygen atoms in total. The minimum absolute atomic E-state index is 0.618. The largest absolute Gasteiger partial charge is 0.367 e. The Morgan fingerprint density at radius 3 is 2.05 bits per heavy atom. The maximum absolute atomic E-state index is 4.41. The first-order valence-electron chi connectivity index (χ1n) is 7.83. The fourth-order valence-electron chi connectivity index (χ4n) is 2.25. The summed E-state index contributed by atoms with van der Waals surface area (Å²) in [6.07, 6.45) is 6.64. The van der Waals surface area contributed by atoms with Gasteiger partial charge in [-0.2, -0.15) is 0 Å². The van der Waals surface area contributed by atoms with Crippen molar-refractivity contribution in [1.82, 2.24) is 9.97 Å². The van der Waals surface area contributed by atoms with E-state index in [4.69, 9.17) is 0 Å². The molecule has 1 aliphatic rings. The molecule has 0 bridgehead atoms. The monoisotopic (exact) mass is 265 g/mol. The summed E-state index contributed by atoms with van der Waals surface area (Å²) >= 11 is 0. The first-order chi connectivity index (χ1) is 9.24. The number of aryl methyl sites for hydroxylation is 2. The first kappa shape index (κ1) is 17.9. The lowest BCUT2D eigenvalue weighted by Gasteiger charge is -2.23. The van der Waals surface area contributed by atoms with Crippen molar-refractivity contribution in [3.63, 3.8) is 0 Å². The Morgan fingerprint density at radius 1 is 0.947 bits per heavy atom. The predicted octanol–water partition coefficient (Wildman–Crippen LogP) is 4.89. The van der Waals surface area contributed by atoms with Crippen LogP contribution in [0.15, 0.2) is 6.07 Å². The minimum Gasteiger partial charge on any atom is -0.367 e. The molecule has 0 aliphatic heterocycles. The number of nitrogens with zero attached hydrogens (tertiary/aromatic N) is 2. The lowest BCUT2D eigenvalue weighted by molar-refractivity contribution is 0.461. The van der Waals surface area contributed by atoms with E-state index in [1.165, 1.54) is 32.1 Å². The number of rotatable bonds is 2. The summed E-state index contributed by atoms with van der Waals surface area (Å²) in [4.78, 5) is 8.68. The molecule has 1 aromatic rings. The zero-order valence-corrected chi connectivity index (χ0v) is 13.6. The standard InChI is InChI=1S/C12H19N3.2C2H6/c1-9-8-12(14-10(2)13-9)15-11-6-4-3-5-7-11;2*1-2/h8,11H,3-7H2,1-2H3,(H,13,14,15);2*1-2H3. The molecular formula is C16H31N3. The molecule has 0 radical (unpaired) electrons. The molecule has 1 N–H and O–H groups in total. The number of nitrogens with one attached hydrogen (secondary N) is 1. The molecule has 1 aromatic heterocycles. The van der Waals surface area contributed by atoms with Crippen molar-refractivity contribution in [3.05, 3.63) is 17.6 Å². The van der Waals surface area contributed by atoms with Crippen molar-refractivity contribution >= 4 is 5.82 Å². The van der Waals surface area contributed by atoms with Crippen LogP contribution in [0.3, 0.4) is 0 Å². The van der Waals surface area contributed by atoms with Gasteiger partial charge in [0.05, 0.1) is 0 Å². The summed E-state index contributed by atoms with van der Waals surface area (Å²) in [7, 11) is 0. The molecular weight excluding hydrogens is 234 g/mol. The van der Waals surface area contributed by atoms with E-state index in [1.807, 2.05) is 47.6 Å². The summed E-state index contributed by atoms with van der Waals surface area (Å²) < 4.78 is 0. The first-order valence-corrected chi connectivity index (χ1v) is 7.83. The predicted molar refractivity (Wildman–Crippen MR) is 84.7 cm³/mol. The highest BCUT2D eigenvalue weighted by Crippen LogP contribution is 2.20. The van der Waals surface area contributed by atoms with Crippen molar-refractivity contribution < 1.29 is 0 Å². The molecule has 3 heteroatoms. The van der Waals surface area contributed by atoms with E-state index in [1.54, 1.807) is 0 Å². The van der Waals surface area contributed by atoms with Crippen molar-refractivity contribution in [3.8, 4) is 0 Å². The average molecular weight is 265 g/mol. The van der Waals surface area contributed by atoms with Crippen LogP contribution in [-0.2, 0) is 0 Å². The van der Waals surface area contributed by atoms with Gasteiger partial charge in [0.1, 0.15) is 11.6 Å². The third-order valence-corrected chi connectivity index (χ3v) is 2.92. The second-order valence-electron chi connectivity index (χ2n) is 4.42. The Bertz CT molecular complexity index is 311. The van der Waals surface area contributed by atoms with Crippen LogP contribution in [0.5, 0.6) is 0 Å². The van der Waals surface area contributed by atoms with E-state index in [9.17, 15) is 0 Å². The maximum Gasteiger partial charge on any atom is 0.130 e. The van der Waals surface area contributed by atoms with Crippen molar-refractivity contribution in [1.29, 1.82) is 0 Å². The number of hydrogen-bond donors (Lipinski definition) is 1. The quantitative estimate of drug-likeness (QED) is 0.827. The van der Waals surface area contributed by atoms with E-state index >= 15 is 0 Å². The number of hydrogen-bond acceptors (Lipinski definition) is 3. The molecule has 0 spiro atoms. The fraction of sp³-hybridized carbons (Fsp3) is 0.750. The molecule has 2 rings (SSSR count). The van der Waals surface area contributed by atoms with E-state index in [2.05, 4.69) is 15.3 Å². The van der Waals surface area contributed by atoms with Gasteiger partial charge >= 0.3 is 0 Å². The van der Waals surface area contributed by atoms with Gasteiger partial charge in [-0.15, -0.1) is 0 Å². The molecule has 110 valence electrons. The summed E-state index contributed by atoms with van der Waals surface area (Å²) in [5.74, 6) is 1.85. The Morgan fingerprint density at radius 2 is 1.53 bits per heavy atom. The normalized spacial score (nSPS) is 14.6. The summed E-state index contributed by atoms with van der Waals surface area (Å²) in [5.41, 5.74) is 1.04. The van der Waals surface area contributed by atoms with Crippen LogP contribution in [-0.4, -0.2) is 16.0 Å². The van der Waals surface area contributed by atoms with Crippen LogP contribution in [0.25, 0.3) is 0 Å². The van der Waals surface area contributed by atoms with Gasteiger partial charge in [0.2, 0.25) is 0 Å². The molecule has 1 fully saturated rings. The van der Waals surface area contributed by atoms with Crippen molar-refractivity contribution in [2.45, 2.75) is 79.7 Å². The summed E-state index contributed by atoms with van der Waals surface area (Å²) in [6, 6.07) is 2.65. The lowest BCUT2D eigenvalue weighted by Crippen LogP contribution is -2.23. The zero-order valence-electron chi connectivity index (χ0n) is 13.6. The SMILES string of the molecule is CC.CC.Cc1cc(NC2CCCCC2)nc(C)n1. The Hall–Kier alpha value is -1.12. The maximum atomic E-state index is 4.41. The van der Waals surface area contributed by atoms with Gasteiger partial charge in [0.15, 0.2) is 0 Å². The Labute approximate surface area is 119 Å². The van der Waals surface area contributed by atoms with Gasteiger partial charge in [0.25, 0.3) is 0 Å². The Kier molecular flexibility index (Phi) is 10.1. The second-order valence-corrected chi connectivity index (χ2v) is 4.42. The van der Waals surface area contributed by atoms with Gasteiger partial charge in [0, 0.05) is 17.8 Å². The summed E-state index contributed by atoms with van der Waals surface area (Å²) in [5, 5.41) is 3.51. The molecule has 0 aromatic carbocycles. The molecule has 0 atom stereocenters. The van der Waals surface area contributed by atoms with Crippen LogP contribution in [0.1, 0.15) is 71.3 Å². The lowest BCUT2D eigenvalue weighted by atomic mass is 9.95. The number of anilines is 1. The topological polar surface area (TPSA) is 37.8 Å². The molecule has 1 saturated carbocycles. The molecule has 0 amide bonds. The number of aromatic nitrogens is 2.